The van der Waals surface area contributed by atoms with Gasteiger partial charge in [0.1, 0.15) is 0 Å². The number of likely N-dealkylation sites (N-methyl/N-ethyl adjacent to an activating group) is 1. The Balaban J connectivity index is 2.45. The minimum Gasteiger partial charge on any atom is -0.383 e. The number of rotatable bonds is 2. The highest BCUT2D eigenvalue weighted by molar-refractivity contribution is 4.88. The summed E-state index contributed by atoms with van der Waals surface area (Å²) < 4.78 is 5.15. The summed E-state index contributed by atoms with van der Waals surface area (Å²) in [5, 5.41) is 0. The molecule has 1 rings (SSSR count). The summed E-state index contributed by atoms with van der Waals surface area (Å²) in [6.45, 7) is 6.71. The van der Waals surface area contributed by atoms with E-state index in [0.29, 0.717) is 11.5 Å². The molecule has 2 heteroatoms. The van der Waals surface area contributed by atoms with Crippen molar-refractivity contribution in [2.24, 2.45) is 5.41 Å². The zero-order valence-electron chi connectivity index (χ0n) is 8.05. The summed E-state index contributed by atoms with van der Waals surface area (Å²) in [5.74, 6) is 0. The first kappa shape index (κ1) is 9.01. The zero-order valence-corrected chi connectivity index (χ0v) is 8.05. The van der Waals surface area contributed by atoms with Gasteiger partial charge in [0.25, 0.3) is 0 Å². The molecule has 11 heavy (non-hydrogen) atoms. The van der Waals surface area contributed by atoms with Gasteiger partial charge in [-0.15, -0.1) is 0 Å². The van der Waals surface area contributed by atoms with Gasteiger partial charge in [-0.3, -0.25) is 0 Å². The molecule has 0 unspecified atom stereocenters. The van der Waals surface area contributed by atoms with Crippen molar-refractivity contribution >= 4 is 0 Å². The number of nitrogens with zero attached hydrogens (tertiary/aromatic N) is 1. The Kier molecular flexibility index (Phi) is 2.55. The van der Waals surface area contributed by atoms with Crippen molar-refractivity contribution < 1.29 is 4.74 Å². The van der Waals surface area contributed by atoms with Gasteiger partial charge in [0.15, 0.2) is 0 Å². The highest BCUT2D eigenvalue weighted by atomic mass is 16.5. The average molecular weight is 157 g/mol. The molecule has 1 aliphatic rings. The molecule has 0 radical (unpaired) electrons. The molecule has 0 aromatic heterocycles. The van der Waals surface area contributed by atoms with Crippen LogP contribution in [0.25, 0.3) is 0 Å². The zero-order chi connectivity index (χ0) is 8.48. The van der Waals surface area contributed by atoms with Crippen LogP contribution in [-0.2, 0) is 4.74 Å². The van der Waals surface area contributed by atoms with Crippen molar-refractivity contribution in [1.29, 1.82) is 0 Å². The summed E-state index contributed by atoms with van der Waals surface area (Å²) in [5.41, 5.74) is 0.484. The first-order valence-electron chi connectivity index (χ1n) is 4.24. The molecule has 1 saturated heterocycles. The molecular weight excluding hydrogens is 138 g/mol. The molecule has 0 aromatic rings. The molecular formula is C9H19NO. The van der Waals surface area contributed by atoms with Crippen LogP contribution in [0.4, 0.5) is 0 Å². The van der Waals surface area contributed by atoms with Crippen molar-refractivity contribution in [1.82, 2.24) is 4.90 Å². The van der Waals surface area contributed by atoms with Gasteiger partial charge in [0, 0.05) is 19.7 Å². The Bertz CT molecular complexity index is 134. The van der Waals surface area contributed by atoms with E-state index in [4.69, 9.17) is 4.74 Å². The molecule has 0 amide bonds. The Labute approximate surface area is 69.5 Å². The van der Waals surface area contributed by atoms with E-state index in [1.807, 2.05) is 0 Å². The van der Waals surface area contributed by atoms with E-state index in [2.05, 4.69) is 25.8 Å². The normalized spacial score (nSPS) is 31.1. The SMILES string of the molecule is COC[C@@H]1CC(C)(C)CN1C. The Morgan fingerprint density at radius 1 is 1.55 bits per heavy atom. The lowest BCUT2D eigenvalue weighted by molar-refractivity contribution is 0.129. The lowest BCUT2D eigenvalue weighted by atomic mass is 9.91. The monoisotopic (exact) mass is 157 g/mol. The van der Waals surface area contributed by atoms with Crippen LogP contribution in [0.5, 0.6) is 0 Å². The summed E-state index contributed by atoms with van der Waals surface area (Å²) in [6.07, 6.45) is 1.26. The number of methoxy groups -OCH3 is 1. The molecule has 1 fully saturated rings. The van der Waals surface area contributed by atoms with Crippen LogP contribution >= 0.6 is 0 Å². The molecule has 66 valence electrons. The van der Waals surface area contributed by atoms with E-state index in [-0.39, 0.29) is 0 Å². The molecule has 0 aliphatic carbocycles. The van der Waals surface area contributed by atoms with Crippen LogP contribution in [0.2, 0.25) is 0 Å². The van der Waals surface area contributed by atoms with E-state index >= 15 is 0 Å². The maximum Gasteiger partial charge on any atom is 0.0618 e. The predicted octanol–water partition coefficient (Wildman–Crippen LogP) is 1.36. The minimum atomic E-state index is 0.484. The molecule has 2 nitrogen and oxygen atoms in total. The smallest absolute Gasteiger partial charge is 0.0618 e. The van der Waals surface area contributed by atoms with Gasteiger partial charge in [-0.2, -0.15) is 0 Å². The van der Waals surface area contributed by atoms with E-state index in [1.54, 1.807) is 7.11 Å². The van der Waals surface area contributed by atoms with Crippen molar-refractivity contribution in [3.63, 3.8) is 0 Å². The maximum atomic E-state index is 5.15. The third kappa shape index (κ3) is 2.17. The topological polar surface area (TPSA) is 12.5 Å². The van der Waals surface area contributed by atoms with Crippen molar-refractivity contribution in [2.45, 2.75) is 26.3 Å². The summed E-state index contributed by atoms with van der Waals surface area (Å²) in [4.78, 5) is 2.39. The van der Waals surface area contributed by atoms with E-state index in [1.165, 1.54) is 13.0 Å². The van der Waals surface area contributed by atoms with Crippen LogP contribution in [0.3, 0.4) is 0 Å². The van der Waals surface area contributed by atoms with Crippen LogP contribution in [0.15, 0.2) is 0 Å². The Morgan fingerprint density at radius 3 is 2.55 bits per heavy atom. The Hall–Kier alpha value is -0.0800. The average Bonchev–Trinajstić information content (AvgIpc) is 2.07. The second-order valence-electron chi connectivity index (χ2n) is 4.39. The summed E-state index contributed by atoms with van der Waals surface area (Å²) in [6, 6.07) is 0.634. The quantitative estimate of drug-likeness (QED) is 0.600. The van der Waals surface area contributed by atoms with E-state index < -0.39 is 0 Å². The van der Waals surface area contributed by atoms with Crippen LogP contribution < -0.4 is 0 Å². The minimum absolute atomic E-state index is 0.484. The number of likely N-dealkylation sites (tertiary alicyclic amines) is 1. The molecule has 1 aliphatic heterocycles. The second kappa shape index (κ2) is 3.11. The fourth-order valence-corrected chi connectivity index (χ4v) is 2.04. The molecule has 1 heterocycles. The molecule has 0 spiro atoms. The standard InChI is InChI=1S/C9H19NO/c1-9(2)5-8(6-11-4)10(3)7-9/h8H,5-7H2,1-4H3/t8-/m0/s1. The van der Waals surface area contributed by atoms with Gasteiger partial charge in [0.2, 0.25) is 0 Å². The maximum absolute atomic E-state index is 5.15. The lowest BCUT2D eigenvalue weighted by Gasteiger charge is -2.17. The van der Waals surface area contributed by atoms with E-state index in [0.717, 1.165) is 6.61 Å². The van der Waals surface area contributed by atoms with Gasteiger partial charge in [-0.1, -0.05) is 13.8 Å². The Morgan fingerprint density at radius 2 is 2.18 bits per heavy atom. The first-order chi connectivity index (χ1) is 5.05. The largest absolute Gasteiger partial charge is 0.383 e. The van der Waals surface area contributed by atoms with Crippen LogP contribution in [0, 0.1) is 5.41 Å². The van der Waals surface area contributed by atoms with Crippen molar-refractivity contribution in [3.05, 3.63) is 0 Å². The molecule has 0 N–H and O–H groups in total. The van der Waals surface area contributed by atoms with Gasteiger partial charge < -0.3 is 9.64 Å². The highest BCUT2D eigenvalue weighted by Gasteiger charge is 2.34. The number of hydrogen-bond donors (Lipinski definition) is 0. The van der Waals surface area contributed by atoms with Gasteiger partial charge in [-0.25, -0.2) is 0 Å². The third-order valence-corrected chi connectivity index (χ3v) is 2.45. The summed E-state index contributed by atoms with van der Waals surface area (Å²) in [7, 11) is 3.96. The summed E-state index contributed by atoms with van der Waals surface area (Å²) >= 11 is 0. The second-order valence-corrected chi connectivity index (χ2v) is 4.39. The first-order valence-corrected chi connectivity index (χ1v) is 4.24. The number of ether oxygens (including phenoxy) is 1. The fraction of sp³-hybridized carbons (Fsp3) is 1.00. The van der Waals surface area contributed by atoms with Crippen LogP contribution in [0.1, 0.15) is 20.3 Å². The van der Waals surface area contributed by atoms with Crippen molar-refractivity contribution in [3.8, 4) is 0 Å². The molecule has 0 saturated carbocycles. The van der Waals surface area contributed by atoms with Gasteiger partial charge >= 0.3 is 0 Å². The van der Waals surface area contributed by atoms with Gasteiger partial charge in [0.05, 0.1) is 6.61 Å². The molecule has 0 aromatic carbocycles. The highest BCUT2D eigenvalue weighted by Crippen LogP contribution is 2.32. The molecule has 0 bridgehead atoms. The van der Waals surface area contributed by atoms with Crippen LogP contribution in [-0.4, -0.2) is 38.3 Å². The van der Waals surface area contributed by atoms with E-state index in [9.17, 15) is 0 Å². The van der Waals surface area contributed by atoms with Crippen molar-refractivity contribution in [2.75, 3.05) is 27.3 Å². The molecule has 1 atom stereocenters. The van der Waals surface area contributed by atoms with Gasteiger partial charge in [-0.05, 0) is 18.9 Å². The lowest BCUT2D eigenvalue weighted by Crippen LogP contribution is -2.28. The number of hydrogen-bond acceptors (Lipinski definition) is 2. The third-order valence-electron chi connectivity index (χ3n) is 2.45. The predicted molar refractivity (Wildman–Crippen MR) is 46.7 cm³/mol. The fourth-order valence-electron chi connectivity index (χ4n) is 2.04.